The van der Waals surface area contributed by atoms with Crippen molar-refractivity contribution in [2.45, 2.75) is 19.3 Å². The number of anilines is 3. The van der Waals surface area contributed by atoms with Crippen LogP contribution in [0.15, 0.2) is 176 Å². The molecule has 0 aliphatic heterocycles. The maximum Gasteiger partial charge on any atom is 0.0625 e. The summed E-state index contributed by atoms with van der Waals surface area (Å²) in [7, 11) is 0. The van der Waals surface area contributed by atoms with E-state index in [9.17, 15) is 0 Å². The average Bonchev–Trinajstić information content (AvgIpc) is 3.38. The second-order valence-electron chi connectivity index (χ2n) is 13.3. The fourth-order valence-corrected chi connectivity index (χ4v) is 8.00. The highest BCUT2D eigenvalue weighted by Gasteiger charge is 2.36. The van der Waals surface area contributed by atoms with Crippen LogP contribution in [0.3, 0.4) is 0 Å². The summed E-state index contributed by atoms with van der Waals surface area (Å²) in [6, 6.07) is 64.4. The first kappa shape index (κ1) is 28.3. The molecular formula is C47H35N. The maximum atomic E-state index is 2.54. The van der Waals surface area contributed by atoms with Crippen LogP contribution < -0.4 is 4.90 Å². The largest absolute Gasteiger partial charge is 0.309 e. The van der Waals surface area contributed by atoms with E-state index in [1.54, 1.807) is 0 Å². The van der Waals surface area contributed by atoms with Crippen molar-refractivity contribution < 1.29 is 0 Å². The molecule has 1 aliphatic carbocycles. The third-order valence-electron chi connectivity index (χ3n) is 10.2. The molecular weight excluding hydrogens is 579 g/mol. The van der Waals surface area contributed by atoms with Crippen molar-refractivity contribution in [3.05, 3.63) is 187 Å². The highest BCUT2D eigenvalue weighted by Crippen LogP contribution is 2.54. The van der Waals surface area contributed by atoms with Gasteiger partial charge in [-0.25, -0.2) is 0 Å². The summed E-state index contributed by atoms with van der Waals surface area (Å²) in [6.07, 6.45) is 0. The normalized spacial score (nSPS) is 13.0. The van der Waals surface area contributed by atoms with Crippen LogP contribution >= 0.6 is 0 Å². The van der Waals surface area contributed by atoms with Crippen LogP contribution in [0.1, 0.15) is 25.0 Å². The van der Waals surface area contributed by atoms with Gasteiger partial charge in [0.15, 0.2) is 0 Å². The quantitative estimate of drug-likeness (QED) is 0.175. The van der Waals surface area contributed by atoms with Crippen LogP contribution in [0.5, 0.6) is 0 Å². The highest BCUT2D eigenvalue weighted by molar-refractivity contribution is 6.22. The van der Waals surface area contributed by atoms with Gasteiger partial charge in [0.1, 0.15) is 0 Å². The SMILES string of the molecule is CC1(C)c2ccccc2-c2ccc(N(c3ccccc3-c3ccccc3)c3c(-c4ccccc4)c4ccccc4c4ccccc34)cc21. The molecule has 0 saturated heterocycles. The summed E-state index contributed by atoms with van der Waals surface area (Å²) in [5.74, 6) is 0. The van der Waals surface area contributed by atoms with E-state index in [1.807, 2.05) is 0 Å². The molecule has 0 amide bonds. The summed E-state index contributed by atoms with van der Waals surface area (Å²) < 4.78 is 0. The van der Waals surface area contributed by atoms with E-state index in [2.05, 4.69) is 195 Å². The average molecular weight is 614 g/mol. The summed E-state index contributed by atoms with van der Waals surface area (Å²) >= 11 is 0. The Morgan fingerprint density at radius 1 is 0.396 bits per heavy atom. The van der Waals surface area contributed by atoms with Crippen LogP contribution in [0.4, 0.5) is 17.1 Å². The third-order valence-corrected chi connectivity index (χ3v) is 10.2. The summed E-state index contributed by atoms with van der Waals surface area (Å²) in [6.45, 7) is 4.73. The molecule has 0 radical (unpaired) electrons. The Morgan fingerprint density at radius 2 is 0.917 bits per heavy atom. The molecule has 8 aromatic carbocycles. The Labute approximate surface area is 282 Å². The molecule has 0 spiro atoms. The summed E-state index contributed by atoms with van der Waals surface area (Å²) in [4.78, 5) is 2.54. The first-order valence-corrected chi connectivity index (χ1v) is 16.8. The fraction of sp³-hybridized carbons (Fsp3) is 0.0638. The van der Waals surface area contributed by atoms with Gasteiger partial charge < -0.3 is 4.90 Å². The van der Waals surface area contributed by atoms with E-state index < -0.39 is 0 Å². The Hall–Kier alpha value is -5.92. The molecule has 0 saturated carbocycles. The fourth-order valence-electron chi connectivity index (χ4n) is 8.00. The molecule has 0 heterocycles. The molecule has 0 atom stereocenters. The van der Waals surface area contributed by atoms with Gasteiger partial charge in [0.05, 0.1) is 11.4 Å². The second-order valence-corrected chi connectivity index (χ2v) is 13.3. The Balaban J connectivity index is 1.44. The third kappa shape index (κ3) is 4.32. The van der Waals surface area contributed by atoms with Crippen molar-refractivity contribution in [2.75, 3.05) is 4.90 Å². The molecule has 228 valence electrons. The summed E-state index contributed by atoms with van der Waals surface area (Å²) in [5, 5.41) is 4.98. The van der Waals surface area contributed by atoms with E-state index in [0.29, 0.717) is 0 Å². The molecule has 0 N–H and O–H groups in total. The van der Waals surface area contributed by atoms with Crippen LogP contribution in [-0.4, -0.2) is 0 Å². The predicted octanol–water partition coefficient (Wildman–Crippen LogP) is 13.1. The number of rotatable bonds is 5. The van der Waals surface area contributed by atoms with E-state index >= 15 is 0 Å². The molecule has 0 bridgehead atoms. The van der Waals surface area contributed by atoms with Gasteiger partial charge in [0.25, 0.3) is 0 Å². The minimum atomic E-state index is -0.125. The smallest absolute Gasteiger partial charge is 0.0625 e. The molecule has 1 heteroatoms. The van der Waals surface area contributed by atoms with Crippen LogP contribution in [0.2, 0.25) is 0 Å². The monoisotopic (exact) mass is 613 g/mol. The molecule has 1 nitrogen and oxygen atoms in total. The lowest BCUT2D eigenvalue weighted by molar-refractivity contribution is 0.660. The lowest BCUT2D eigenvalue weighted by Gasteiger charge is -2.33. The van der Waals surface area contributed by atoms with Crippen molar-refractivity contribution in [3.8, 4) is 33.4 Å². The standard InChI is InChI=1S/C47H35N/c1-47(2)42-27-15-13-24-38(42)39-30-29-34(31-43(39)47)48(44-28-16-14-21-35(44)32-17-5-3-6-18-32)46-41-26-12-10-23-37(41)36-22-9-11-25-40(36)45(46)33-19-7-4-8-20-33/h3-31H,1-2H3. The molecule has 9 rings (SSSR count). The first-order chi connectivity index (χ1) is 23.6. The van der Waals surface area contributed by atoms with Gasteiger partial charge in [0, 0.05) is 27.6 Å². The van der Waals surface area contributed by atoms with Crippen LogP contribution in [0.25, 0.3) is 54.9 Å². The van der Waals surface area contributed by atoms with Crippen LogP contribution in [0, 0.1) is 0 Å². The minimum absolute atomic E-state index is 0.125. The van der Waals surface area contributed by atoms with Crippen molar-refractivity contribution in [1.82, 2.24) is 0 Å². The number of hydrogen-bond donors (Lipinski definition) is 0. The topological polar surface area (TPSA) is 3.24 Å². The van der Waals surface area contributed by atoms with Gasteiger partial charge in [-0.3, -0.25) is 0 Å². The molecule has 48 heavy (non-hydrogen) atoms. The molecule has 0 aromatic heterocycles. The number of nitrogens with zero attached hydrogens (tertiary/aromatic N) is 1. The van der Waals surface area contributed by atoms with Crippen molar-refractivity contribution in [1.29, 1.82) is 0 Å². The van der Waals surface area contributed by atoms with Crippen molar-refractivity contribution in [3.63, 3.8) is 0 Å². The number of benzene rings is 8. The predicted molar refractivity (Wildman–Crippen MR) is 205 cm³/mol. The van der Waals surface area contributed by atoms with Crippen molar-refractivity contribution in [2.24, 2.45) is 0 Å². The second kappa shape index (κ2) is 11.1. The Bertz CT molecular complexity index is 2470. The number of hydrogen-bond acceptors (Lipinski definition) is 1. The Morgan fingerprint density at radius 3 is 1.65 bits per heavy atom. The van der Waals surface area contributed by atoms with E-state index in [1.165, 1.54) is 71.7 Å². The number of para-hydroxylation sites is 1. The lowest BCUT2D eigenvalue weighted by atomic mass is 9.82. The molecule has 0 fully saturated rings. The van der Waals surface area contributed by atoms with Gasteiger partial charge in [-0.1, -0.05) is 172 Å². The molecule has 0 unspecified atom stereocenters. The zero-order valence-corrected chi connectivity index (χ0v) is 27.2. The van der Waals surface area contributed by atoms with Gasteiger partial charge in [0.2, 0.25) is 0 Å². The van der Waals surface area contributed by atoms with E-state index in [4.69, 9.17) is 0 Å². The van der Waals surface area contributed by atoms with Gasteiger partial charge in [-0.15, -0.1) is 0 Å². The zero-order chi connectivity index (χ0) is 32.2. The minimum Gasteiger partial charge on any atom is -0.309 e. The van der Waals surface area contributed by atoms with Gasteiger partial charge in [-0.2, -0.15) is 0 Å². The Kier molecular flexibility index (Phi) is 6.55. The lowest BCUT2D eigenvalue weighted by Crippen LogP contribution is -2.17. The zero-order valence-electron chi connectivity index (χ0n) is 27.2. The van der Waals surface area contributed by atoms with E-state index in [-0.39, 0.29) is 5.41 Å². The molecule has 8 aromatic rings. The maximum absolute atomic E-state index is 2.54. The van der Waals surface area contributed by atoms with Crippen molar-refractivity contribution >= 4 is 38.6 Å². The highest BCUT2D eigenvalue weighted by atomic mass is 15.1. The first-order valence-electron chi connectivity index (χ1n) is 16.8. The summed E-state index contributed by atoms with van der Waals surface area (Å²) in [5.41, 5.74) is 13.6. The van der Waals surface area contributed by atoms with Gasteiger partial charge in [-0.05, 0) is 67.7 Å². The van der Waals surface area contributed by atoms with Crippen LogP contribution in [-0.2, 0) is 5.41 Å². The van der Waals surface area contributed by atoms with E-state index in [0.717, 1.165) is 11.4 Å². The number of fused-ring (bicyclic) bond motifs is 6. The van der Waals surface area contributed by atoms with Gasteiger partial charge >= 0.3 is 0 Å². The molecule has 1 aliphatic rings.